The van der Waals surface area contributed by atoms with E-state index in [4.69, 9.17) is 23.9 Å². The number of hydrogen-bond donors (Lipinski definition) is 0. The molecule has 3 aromatic rings. The van der Waals surface area contributed by atoms with E-state index in [9.17, 15) is 4.79 Å². The van der Waals surface area contributed by atoms with E-state index in [0.29, 0.717) is 31.2 Å². The maximum atomic E-state index is 12.4. The van der Waals surface area contributed by atoms with Gasteiger partial charge in [-0.05, 0) is 36.8 Å². The van der Waals surface area contributed by atoms with Crippen molar-refractivity contribution in [3.63, 3.8) is 0 Å². The lowest BCUT2D eigenvalue weighted by Gasteiger charge is -2.20. The number of methoxy groups -OCH3 is 3. The van der Waals surface area contributed by atoms with E-state index in [1.54, 1.807) is 19.1 Å². The Hall–Kier alpha value is -3.32. The van der Waals surface area contributed by atoms with E-state index >= 15 is 0 Å². The SMILES string of the molecule is COCC(=O)N1CCOc2c(cc(-c3cc(C)c4cccc(OC)c4n3)cc2OC)C1. The van der Waals surface area contributed by atoms with Gasteiger partial charge in [0.25, 0.3) is 0 Å². The fourth-order valence-corrected chi connectivity index (χ4v) is 3.91. The molecule has 0 fully saturated rings. The highest BCUT2D eigenvalue weighted by Gasteiger charge is 2.24. The summed E-state index contributed by atoms with van der Waals surface area (Å²) < 4.78 is 22.1. The van der Waals surface area contributed by atoms with Gasteiger partial charge >= 0.3 is 0 Å². The first-order valence-corrected chi connectivity index (χ1v) is 10.1. The number of para-hydroxylation sites is 1. The molecule has 31 heavy (non-hydrogen) atoms. The maximum absolute atomic E-state index is 12.4. The molecule has 7 nitrogen and oxygen atoms in total. The standard InChI is InChI=1S/C24H26N2O5/c1-15-10-19(25-23-18(15)6-5-7-20(23)29-3)16-11-17-13-26(22(27)14-28-2)8-9-31-24(17)21(12-16)30-4/h5-7,10-12H,8-9,13-14H2,1-4H3. The normalized spacial score (nSPS) is 13.4. The van der Waals surface area contributed by atoms with Crippen LogP contribution < -0.4 is 14.2 Å². The lowest BCUT2D eigenvalue weighted by atomic mass is 10.0. The molecule has 1 aromatic heterocycles. The summed E-state index contributed by atoms with van der Waals surface area (Å²) in [5.41, 5.74) is 4.46. The molecule has 4 rings (SSSR count). The number of fused-ring (bicyclic) bond motifs is 2. The van der Waals surface area contributed by atoms with E-state index in [1.807, 2.05) is 36.4 Å². The Morgan fingerprint density at radius 2 is 1.94 bits per heavy atom. The third-order valence-corrected chi connectivity index (χ3v) is 5.47. The third kappa shape index (κ3) is 4.01. The molecule has 0 N–H and O–H groups in total. The minimum absolute atomic E-state index is 0.0391. The summed E-state index contributed by atoms with van der Waals surface area (Å²) in [6, 6.07) is 11.9. The average molecular weight is 422 g/mol. The number of carbonyl (C=O) groups excluding carboxylic acids is 1. The van der Waals surface area contributed by atoms with Gasteiger partial charge in [-0.25, -0.2) is 4.98 Å². The van der Waals surface area contributed by atoms with Gasteiger partial charge in [0, 0.05) is 30.2 Å². The van der Waals surface area contributed by atoms with Crippen LogP contribution in [0.25, 0.3) is 22.2 Å². The Morgan fingerprint density at radius 3 is 2.68 bits per heavy atom. The number of nitrogens with zero attached hydrogens (tertiary/aromatic N) is 2. The van der Waals surface area contributed by atoms with Gasteiger partial charge in [-0.1, -0.05) is 12.1 Å². The summed E-state index contributed by atoms with van der Waals surface area (Å²) in [6.45, 7) is 3.39. The summed E-state index contributed by atoms with van der Waals surface area (Å²) in [5.74, 6) is 1.93. The highest BCUT2D eigenvalue weighted by Crippen LogP contribution is 2.39. The van der Waals surface area contributed by atoms with Crippen LogP contribution in [0.15, 0.2) is 36.4 Å². The van der Waals surface area contributed by atoms with Gasteiger partial charge in [-0.3, -0.25) is 4.79 Å². The number of carbonyl (C=O) groups is 1. The highest BCUT2D eigenvalue weighted by atomic mass is 16.5. The Labute approximate surface area is 181 Å². The first-order chi connectivity index (χ1) is 15.0. The summed E-state index contributed by atoms with van der Waals surface area (Å²) in [5, 5.41) is 1.05. The largest absolute Gasteiger partial charge is 0.494 e. The molecule has 2 aromatic carbocycles. The predicted molar refractivity (Wildman–Crippen MR) is 118 cm³/mol. The first-order valence-electron chi connectivity index (χ1n) is 10.1. The van der Waals surface area contributed by atoms with Crippen LogP contribution in [-0.2, 0) is 16.1 Å². The lowest BCUT2D eigenvalue weighted by Crippen LogP contribution is -2.34. The summed E-state index contributed by atoms with van der Waals surface area (Å²) >= 11 is 0. The molecular weight excluding hydrogens is 396 g/mol. The number of benzene rings is 2. The molecule has 1 aliphatic rings. The topological polar surface area (TPSA) is 70.1 Å². The van der Waals surface area contributed by atoms with Gasteiger partial charge in [0.15, 0.2) is 11.5 Å². The van der Waals surface area contributed by atoms with Gasteiger partial charge in [0.1, 0.15) is 24.5 Å². The van der Waals surface area contributed by atoms with Crippen molar-refractivity contribution in [2.75, 3.05) is 41.1 Å². The van der Waals surface area contributed by atoms with Crippen molar-refractivity contribution in [1.82, 2.24) is 9.88 Å². The van der Waals surface area contributed by atoms with E-state index in [0.717, 1.165) is 39.0 Å². The summed E-state index contributed by atoms with van der Waals surface area (Å²) in [7, 11) is 4.78. The monoisotopic (exact) mass is 422 g/mol. The van der Waals surface area contributed by atoms with Crippen LogP contribution >= 0.6 is 0 Å². The third-order valence-electron chi connectivity index (χ3n) is 5.47. The Balaban J connectivity index is 1.83. The fourth-order valence-electron chi connectivity index (χ4n) is 3.91. The zero-order valence-corrected chi connectivity index (χ0v) is 18.2. The Bertz CT molecular complexity index is 1130. The summed E-state index contributed by atoms with van der Waals surface area (Å²) in [6.07, 6.45) is 0. The molecule has 0 radical (unpaired) electrons. The van der Waals surface area contributed by atoms with Crippen LogP contribution in [-0.4, -0.2) is 56.9 Å². The lowest BCUT2D eigenvalue weighted by molar-refractivity contribution is -0.135. The van der Waals surface area contributed by atoms with Crippen LogP contribution in [0.2, 0.25) is 0 Å². The average Bonchev–Trinajstić information content (AvgIpc) is 3.00. The Morgan fingerprint density at radius 1 is 1.13 bits per heavy atom. The zero-order chi connectivity index (χ0) is 22.0. The predicted octanol–water partition coefficient (Wildman–Crippen LogP) is 3.59. The van der Waals surface area contributed by atoms with Gasteiger partial charge < -0.3 is 23.8 Å². The number of aromatic nitrogens is 1. The quantitative estimate of drug-likeness (QED) is 0.626. The maximum Gasteiger partial charge on any atom is 0.248 e. The molecular formula is C24H26N2O5. The molecule has 0 bridgehead atoms. The summed E-state index contributed by atoms with van der Waals surface area (Å²) in [4.78, 5) is 19.0. The van der Waals surface area contributed by atoms with E-state index in [2.05, 4.69) is 6.92 Å². The smallest absolute Gasteiger partial charge is 0.248 e. The van der Waals surface area contributed by atoms with Gasteiger partial charge in [-0.2, -0.15) is 0 Å². The van der Waals surface area contributed by atoms with E-state index in [1.165, 1.54) is 7.11 Å². The van der Waals surface area contributed by atoms with Crippen LogP contribution in [0, 0.1) is 6.92 Å². The number of pyridine rings is 1. The van der Waals surface area contributed by atoms with Crippen molar-refractivity contribution >= 4 is 16.8 Å². The van der Waals surface area contributed by atoms with Crippen molar-refractivity contribution in [3.05, 3.63) is 47.5 Å². The molecule has 1 aliphatic heterocycles. The second-order valence-electron chi connectivity index (χ2n) is 7.44. The fraction of sp³-hybridized carbons (Fsp3) is 0.333. The molecule has 0 aliphatic carbocycles. The highest BCUT2D eigenvalue weighted by molar-refractivity contribution is 5.89. The minimum Gasteiger partial charge on any atom is -0.494 e. The number of amides is 1. The molecule has 0 spiro atoms. The van der Waals surface area contributed by atoms with Gasteiger partial charge in [0.2, 0.25) is 5.91 Å². The van der Waals surface area contributed by atoms with E-state index < -0.39 is 0 Å². The van der Waals surface area contributed by atoms with Crippen LogP contribution in [0.5, 0.6) is 17.2 Å². The van der Waals surface area contributed by atoms with Crippen molar-refractivity contribution in [1.29, 1.82) is 0 Å². The number of ether oxygens (including phenoxy) is 4. The van der Waals surface area contributed by atoms with Crippen LogP contribution in [0.1, 0.15) is 11.1 Å². The number of hydrogen-bond acceptors (Lipinski definition) is 6. The first kappa shape index (κ1) is 20.9. The second-order valence-corrected chi connectivity index (χ2v) is 7.44. The molecule has 0 atom stereocenters. The van der Waals surface area contributed by atoms with Crippen molar-refractivity contribution in [2.45, 2.75) is 13.5 Å². The van der Waals surface area contributed by atoms with Crippen molar-refractivity contribution in [2.24, 2.45) is 0 Å². The molecule has 2 heterocycles. The van der Waals surface area contributed by atoms with Gasteiger partial charge in [-0.15, -0.1) is 0 Å². The zero-order valence-electron chi connectivity index (χ0n) is 18.2. The van der Waals surface area contributed by atoms with Crippen LogP contribution in [0.4, 0.5) is 0 Å². The van der Waals surface area contributed by atoms with Crippen molar-refractivity contribution < 1.29 is 23.7 Å². The second kappa shape index (κ2) is 8.81. The molecule has 0 unspecified atom stereocenters. The molecule has 1 amide bonds. The van der Waals surface area contributed by atoms with Gasteiger partial charge in [0.05, 0.1) is 26.5 Å². The minimum atomic E-state index is -0.0762. The number of rotatable bonds is 5. The van der Waals surface area contributed by atoms with E-state index in [-0.39, 0.29) is 12.5 Å². The molecule has 162 valence electrons. The Kier molecular flexibility index (Phi) is 5.95. The molecule has 7 heteroatoms. The number of aryl methyl sites for hydroxylation is 1. The van der Waals surface area contributed by atoms with Crippen molar-refractivity contribution in [3.8, 4) is 28.5 Å². The molecule has 0 saturated carbocycles. The molecule has 0 saturated heterocycles. The van der Waals surface area contributed by atoms with Crippen LogP contribution in [0.3, 0.4) is 0 Å².